The Morgan fingerprint density at radius 3 is 2.46 bits per heavy atom. The zero-order valence-electron chi connectivity index (χ0n) is 20.1. The van der Waals surface area contributed by atoms with Crippen molar-refractivity contribution < 1.29 is 14.4 Å². The number of anilines is 1. The van der Waals surface area contributed by atoms with Gasteiger partial charge in [0.25, 0.3) is 5.91 Å². The number of rotatable bonds is 8. The van der Waals surface area contributed by atoms with E-state index in [1.165, 1.54) is 0 Å². The number of hydrogen-bond donors (Lipinski definition) is 1. The highest BCUT2D eigenvalue weighted by molar-refractivity contribution is 6.26. The summed E-state index contributed by atoms with van der Waals surface area (Å²) in [5.41, 5.74) is 2.47. The molecule has 1 unspecified atom stereocenters. The molecule has 6 heteroatoms. The quantitative estimate of drug-likeness (QED) is 0.534. The Morgan fingerprint density at radius 1 is 1.00 bits per heavy atom. The first-order valence-electron chi connectivity index (χ1n) is 12.5. The second-order valence-electron chi connectivity index (χ2n) is 9.56. The van der Waals surface area contributed by atoms with Crippen molar-refractivity contribution in [1.29, 1.82) is 0 Å². The average molecular weight is 470 g/mol. The maximum atomic E-state index is 13.7. The number of carbonyl (C=O) groups excluding carboxylic acids is 3. The zero-order valence-corrected chi connectivity index (χ0v) is 20.1. The molecule has 180 valence electrons. The van der Waals surface area contributed by atoms with Crippen molar-refractivity contribution in [2.45, 2.75) is 51.1 Å². The van der Waals surface area contributed by atoms with E-state index in [-0.39, 0.29) is 30.3 Å². The van der Waals surface area contributed by atoms with Gasteiger partial charge in [-0.15, -0.1) is 0 Å². The number of amides is 3. The minimum absolute atomic E-state index is 0.0948. The fourth-order valence-corrected chi connectivity index (χ4v) is 5.32. The van der Waals surface area contributed by atoms with Crippen molar-refractivity contribution in [2.24, 2.45) is 0 Å². The Balaban J connectivity index is 1.36. The van der Waals surface area contributed by atoms with Crippen molar-refractivity contribution in [3.05, 3.63) is 77.9 Å². The van der Waals surface area contributed by atoms with Gasteiger partial charge in [-0.05, 0) is 49.3 Å². The van der Waals surface area contributed by atoms with Crippen LogP contribution in [0.1, 0.15) is 48.5 Å². The maximum Gasteiger partial charge on any atom is 0.259 e. The van der Waals surface area contributed by atoms with Crippen LogP contribution < -0.4 is 10.2 Å². The molecule has 1 atom stereocenters. The normalized spacial score (nSPS) is 16.0. The van der Waals surface area contributed by atoms with Crippen LogP contribution in [-0.4, -0.2) is 47.8 Å². The highest BCUT2D eigenvalue weighted by Crippen LogP contribution is 2.37. The number of nitrogens with one attached hydrogen (secondary N) is 1. The summed E-state index contributed by atoms with van der Waals surface area (Å²) in [5.74, 6) is -0.527. The van der Waals surface area contributed by atoms with E-state index in [0.717, 1.165) is 47.7 Å². The minimum Gasteiger partial charge on any atom is -0.352 e. The van der Waals surface area contributed by atoms with E-state index in [9.17, 15) is 14.4 Å². The summed E-state index contributed by atoms with van der Waals surface area (Å²) < 4.78 is 0. The third-order valence-electron chi connectivity index (χ3n) is 7.30. The van der Waals surface area contributed by atoms with Crippen LogP contribution in [0.3, 0.4) is 0 Å². The molecule has 3 aromatic carbocycles. The van der Waals surface area contributed by atoms with Crippen molar-refractivity contribution in [2.75, 3.05) is 18.0 Å². The van der Waals surface area contributed by atoms with Crippen LogP contribution in [0.4, 0.5) is 5.69 Å². The SMILES string of the molecule is CC(C(=O)NC1CCCC1)N(CCc1ccccc1)C(=O)CN1C(=O)c2cccc3cccc1c23. The maximum absolute atomic E-state index is 13.7. The summed E-state index contributed by atoms with van der Waals surface area (Å²) in [6.07, 6.45) is 4.86. The molecular formula is C29H31N3O3. The number of hydrogen-bond acceptors (Lipinski definition) is 3. The minimum atomic E-state index is -0.623. The summed E-state index contributed by atoms with van der Waals surface area (Å²) in [6, 6.07) is 20.9. The van der Waals surface area contributed by atoms with Gasteiger partial charge in [-0.3, -0.25) is 19.3 Å². The van der Waals surface area contributed by atoms with Crippen LogP contribution in [0.2, 0.25) is 0 Å². The lowest BCUT2D eigenvalue weighted by atomic mass is 10.1. The summed E-state index contributed by atoms with van der Waals surface area (Å²) in [5, 5.41) is 5.00. The van der Waals surface area contributed by atoms with Gasteiger partial charge in [-0.1, -0.05) is 67.4 Å². The van der Waals surface area contributed by atoms with Crippen LogP contribution in [0.5, 0.6) is 0 Å². The third-order valence-corrected chi connectivity index (χ3v) is 7.30. The lowest BCUT2D eigenvalue weighted by Crippen LogP contribution is -2.53. The molecule has 1 aliphatic carbocycles. The number of benzene rings is 3. The lowest BCUT2D eigenvalue weighted by Gasteiger charge is -2.31. The van der Waals surface area contributed by atoms with Gasteiger partial charge in [0.2, 0.25) is 11.8 Å². The van der Waals surface area contributed by atoms with Gasteiger partial charge in [-0.25, -0.2) is 0 Å². The largest absolute Gasteiger partial charge is 0.352 e. The van der Waals surface area contributed by atoms with Crippen LogP contribution in [0.25, 0.3) is 10.8 Å². The molecule has 3 amide bonds. The molecule has 0 aromatic heterocycles. The summed E-state index contributed by atoms with van der Waals surface area (Å²) in [4.78, 5) is 43.2. The molecule has 1 heterocycles. The molecule has 1 saturated carbocycles. The van der Waals surface area contributed by atoms with E-state index in [4.69, 9.17) is 0 Å². The monoisotopic (exact) mass is 469 g/mol. The van der Waals surface area contributed by atoms with Gasteiger partial charge < -0.3 is 10.2 Å². The van der Waals surface area contributed by atoms with Gasteiger partial charge in [0, 0.05) is 23.5 Å². The molecule has 35 heavy (non-hydrogen) atoms. The molecule has 0 spiro atoms. The van der Waals surface area contributed by atoms with Crippen LogP contribution in [-0.2, 0) is 16.0 Å². The Morgan fingerprint density at radius 2 is 1.71 bits per heavy atom. The molecule has 6 nitrogen and oxygen atoms in total. The Bertz CT molecular complexity index is 1250. The lowest BCUT2D eigenvalue weighted by molar-refractivity contribution is -0.139. The van der Waals surface area contributed by atoms with Gasteiger partial charge in [0.15, 0.2) is 0 Å². The molecule has 1 aliphatic heterocycles. The summed E-state index contributed by atoms with van der Waals surface area (Å²) in [6.45, 7) is 2.10. The standard InChI is InChI=1S/C29H31N3O3/c1-20(28(34)30-23-13-5-6-14-23)31(18-17-21-9-3-2-4-10-21)26(33)19-32-25-16-8-12-22-11-7-15-24(27(22)25)29(32)35/h2-4,7-12,15-16,20,23H,5-6,13-14,17-19H2,1H3,(H,30,34). The third kappa shape index (κ3) is 4.65. The van der Waals surface area contributed by atoms with Gasteiger partial charge >= 0.3 is 0 Å². The van der Waals surface area contributed by atoms with Gasteiger partial charge in [0.1, 0.15) is 12.6 Å². The first-order valence-corrected chi connectivity index (χ1v) is 12.5. The highest BCUT2D eigenvalue weighted by atomic mass is 16.2. The first kappa shape index (κ1) is 23.1. The predicted octanol–water partition coefficient (Wildman–Crippen LogP) is 4.32. The van der Waals surface area contributed by atoms with Crippen molar-refractivity contribution in [1.82, 2.24) is 10.2 Å². The first-order chi connectivity index (χ1) is 17.0. The second-order valence-corrected chi connectivity index (χ2v) is 9.56. The summed E-state index contributed by atoms with van der Waals surface area (Å²) in [7, 11) is 0. The average Bonchev–Trinajstić information content (AvgIpc) is 3.48. The Labute approximate surface area is 205 Å². The molecule has 0 bridgehead atoms. The Kier molecular flexibility index (Phi) is 6.53. The van der Waals surface area contributed by atoms with Crippen molar-refractivity contribution in [3.63, 3.8) is 0 Å². The van der Waals surface area contributed by atoms with E-state index in [1.54, 1.807) is 16.7 Å². The van der Waals surface area contributed by atoms with E-state index in [0.29, 0.717) is 18.5 Å². The molecular weight excluding hydrogens is 438 g/mol. The van der Waals surface area contributed by atoms with E-state index < -0.39 is 6.04 Å². The molecule has 0 saturated heterocycles. The molecule has 5 rings (SSSR count). The zero-order chi connectivity index (χ0) is 24.4. The molecule has 1 N–H and O–H groups in total. The van der Waals surface area contributed by atoms with Crippen molar-refractivity contribution >= 4 is 34.2 Å². The topological polar surface area (TPSA) is 69.7 Å². The number of nitrogens with zero attached hydrogens (tertiary/aromatic N) is 2. The fraction of sp³-hybridized carbons (Fsp3) is 0.345. The smallest absolute Gasteiger partial charge is 0.259 e. The number of carbonyl (C=O) groups is 3. The van der Waals surface area contributed by atoms with Crippen LogP contribution in [0, 0.1) is 0 Å². The van der Waals surface area contributed by atoms with Crippen LogP contribution >= 0.6 is 0 Å². The molecule has 1 fully saturated rings. The molecule has 3 aromatic rings. The van der Waals surface area contributed by atoms with E-state index >= 15 is 0 Å². The van der Waals surface area contributed by atoms with Crippen molar-refractivity contribution in [3.8, 4) is 0 Å². The molecule has 0 radical (unpaired) electrons. The second kappa shape index (κ2) is 9.90. The van der Waals surface area contributed by atoms with E-state index in [2.05, 4.69) is 5.32 Å². The predicted molar refractivity (Wildman–Crippen MR) is 137 cm³/mol. The van der Waals surface area contributed by atoms with Gasteiger partial charge in [0.05, 0.1) is 5.69 Å². The molecule has 2 aliphatic rings. The van der Waals surface area contributed by atoms with E-state index in [1.807, 2.05) is 66.7 Å². The van der Waals surface area contributed by atoms with Gasteiger partial charge in [-0.2, -0.15) is 0 Å². The summed E-state index contributed by atoms with van der Waals surface area (Å²) >= 11 is 0. The highest BCUT2D eigenvalue weighted by Gasteiger charge is 2.34. The Hall–Kier alpha value is -3.67. The van der Waals surface area contributed by atoms with Crippen LogP contribution in [0.15, 0.2) is 66.7 Å². The fourth-order valence-electron chi connectivity index (χ4n) is 5.32.